The van der Waals surface area contributed by atoms with Gasteiger partial charge in [-0.2, -0.15) is 5.10 Å². The summed E-state index contributed by atoms with van der Waals surface area (Å²) in [7, 11) is 0. The maximum Gasteiger partial charge on any atom is 0.151 e. The van der Waals surface area contributed by atoms with Crippen molar-refractivity contribution in [1.82, 2.24) is 10.2 Å². The Morgan fingerprint density at radius 1 is 1.29 bits per heavy atom. The van der Waals surface area contributed by atoms with Crippen LogP contribution in [-0.4, -0.2) is 29.8 Å². The molecule has 0 spiro atoms. The van der Waals surface area contributed by atoms with Crippen LogP contribution in [0.2, 0.25) is 0 Å². The standard InChI is InChI=1S/C13H22N4/c1-2-3-12-4-5-13(16-15-12)17-8-6-11(10-14)7-9-17/h4-5,11H,2-3,6-10,14H2,1H3. The summed E-state index contributed by atoms with van der Waals surface area (Å²) in [5.41, 5.74) is 6.78. The van der Waals surface area contributed by atoms with Gasteiger partial charge in [0.1, 0.15) is 0 Å². The molecule has 1 aromatic heterocycles. The molecule has 0 aromatic carbocycles. The van der Waals surface area contributed by atoms with E-state index >= 15 is 0 Å². The lowest BCUT2D eigenvalue weighted by Crippen LogP contribution is -2.36. The fraction of sp³-hybridized carbons (Fsp3) is 0.692. The molecule has 1 aliphatic rings. The molecule has 4 heteroatoms. The van der Waals surface area contributed by atoms with Gasteiger partial charge >= 0.3 is 0 Å². The lowest BCUT2D eigenvalue weighted by Gasteiger charge is -2.31. The molecular formula is C13H22N4. The molecule has 0 atom stereocenters. The van der Waals surface area contributed by atoms with Gasteiger partial charge in [0, 0.05) is 13.1 Å². The summed E-state index contributed by atoms with van der Waals surface area (Å²) in [6, 6.07) is 4.20. The molecule has 1 saturated heterocycles. The highest BCUT2D eigenvalue weighted by Crippen LogP contribution is 2.20. The van der Waals surface area contributed by atoms with E-state index in [0.717, 1.165) is 44.0 Å². The van der Waals surface area contributed by atoms with E-state index in [9.17, 15) is 0 Å². The summed E-state index contributed by atoms with van der Waals surface area (Å²) in [4.78, 5) is 2.31. The number of piperidine rings is 1. The van der Waals surface area contributed by atoms with Gasteiger partial charge in [-0.1, -0.05) is 13.3 Å². The summed E-state index contributed by atoms with van der Waals surface area (Å²) in [5.74, 6) is 1.71. The van der Waals surface area contributed by atoms with E-state index < -0.39 is 0 Å². The highest BCUT2D eigenvalue weighted by molar-refractivity contribution is 5.37. The van der Waals surface area contributed by atoms with Crippen molar-refractivity contribution in [2.24, 2.45) is 11.7 Å². The summed E-state index contributed by atoms with van der Waals surface area (Å²) < 4.78 is 0. The Kier molecular flexibility index (Phi) is 4.31. The molecule has 2 rings (SSSR count). The van der Waals surface area contributed by atoms with Gasteiger partial charge in [0.05, 0.1) is 5.69 Å². The maximum atomic E-state index is 5.69. The predicted molar refractivity (Wildman–Crippen MR) is 70.0 cm³/mol. The molecule has 17 heavy (non-hydrogen) atoms. The molecule has 0 radical (unpaired) electrons. The van der Waals surface area contributed by atoms with E-state index in [4.69, 9.17) is 5.73 Å². The van der Waals surface area contributed by atoms with Crippen molar-refractivity contribution in [3.63, 3.8) is 0 Å². The van der Waals surface area contributed by atoms with Crippen LogP contribution in [0.25, 0.3) is 0 Å². The zero-order valence-corrected chi connectivity index (χ0v) is 10.6. The molecule has 0 bridgehead atoms. The summed E-state index contributed by atoms with van der Waals surface area (Å²) >= 11 is 0. The van der Waals surface area contributed by atoms with Gasteiger partial charge in [0.15, 0.2) is 5.82 Å². The molecule has 0 unspecified atom stereocenters. The van der Waals surface area contributed by atoms with Crippen LogP contribution in [0.5, 0.6) is 0 Å². The average Bonchev–Trinajstić information content (AvgIpc) is 2.40. The number of aryl methyl sites for hydroxylation is 1. The first-order valence-corrected chi connectivity index (χ1v) is 6.61. The van der Waals surface area contributed by atoms with Crippen molar-refractivity contribution in [3.8, 4) is 0 Å². The van der Waals surface area contributed by atoms with Crippen LogP contribution < -0.4 is 10.6 Å². The highest BCUT2D eigenvalue weighted by Gasteiger charge is 2.19. The second-order valence-electron chi connectivity index (χ2n) is 4.80. The number of hydrogen-bond donors (Lipinski definition) is 1. The number of anilines is 1. The van der Waals surface area contributed by atoms with Crippen molar-refractivity contribution < 1.29 is 0 Å². The van der Waals surface area contributed by atoms with E-state index in [2.05, 4.69) is 34.2 Å². The normalized spacial score (nSPS) is 17.4. The minimum atomic E-state index is 0.693. The second-order valence-corrected chi connectivity index (χ2v) is 4.80. The van der Waals surface area contributed by atoms with Crippen molar-refractivity contribution >= 4 is 5.82 Å². The van der Waals surface area contributed by atoms with Crippen LogP contribution >= 0.6 is 0 Å². The van der Waals surface area contributed by atoms with Gasteiger partial charge in [-0.15, -0.1) is 5.10 Å². The Balaban J connectivity index is 1.94. The third-order valence-corrected chi connectivity index (χ3v) is 3.48. The largest absolute Gasteiger partial charge is 0.355 e. The van der Waals surface area contributed by atoms with Crippen LogP contribution in [0.4, 0.5) is 5.82 Å². The minimum Gasteiger partial charge on any atom is -0.355 e. The van der Waals surface area contributed by atoms with E-state index in [-0.39, 0.29) is 0 Å². The van der Waals surface area contributed by atoms with Crippen molar-refractivity contribution in [2.75, 3.05) is 24.5 Å². The van der Waals surface area contributed by atoms with E-state index in [1.165, 1.54) is 12.8 Å². The van der Waals surface area contributed by atoms with Crippen molar-refractivity contribution in [3.05, 3.63) is 17.8 Å². The lowest BCUT2D eigenvalue weighted by atomic mass is 9.97. The monoisotopic (exact) mass is 234 g/mol. The molecule has 1 fully saturated rings. The number of rotatable bonds is 4. The van der Waals surface area contributed by atoms with E-state index in [1.807, 2.05) is 0 Å². The average molecular weight is 234 g/mol. The van der Waals surface area contributed by atoms with Crippen LogP contribution in [-0.2, 0) is 6.42 Å². The van der Waals surface area contributed by atoms with Gasteiger partial charge in [-0.3, -0.25) is 0 Å². The van der Waals surface area contributed by atoms with Gasteiger partial charge in [0.2, 0.25) is 0 Å². The maximum absolute atomic E-state index is 5.69. The third-order valence-electron chi connectivity index (χ3n) is 3.48. The van der Waals surface area contributed by atoms with Crippen LogP contribution in [0, 0.1) is 5.92 Å². The van der Waals surface area contributed by atoms with Gasteiger partial charge in [-0.05, 0) is 43.9 Å². The first-order chi connectivity index (χ1) is 8.33. The Morgan fingerprint density at radius 2 is 2.06 bits per heavy atom. The molecule has 2 heterocycles. The first kappa shape index (κ1) is 12.3. The van der Waals surface area contributed by atoms with Crippen molar-refractivity contribution in [2.45, 2.75) is 32.6 Å². The number of aromatic nitrogens is 2. The number of hydrogen-bond acceptors (Lipinski definition) is 4. The van der Waals surface area contributed by atoms with Crippen LogP contribution in [0.3, 0.4) is 0 Å². The molecule has 1 aromatic rings. The van der Waals surface area contributed by atoms with Crippen molar-refractivity contribution in [1.29, 1.82) is 0 Å². The zero-order valence-electron chi connectivity index (χ0n) is 10.6. The molecule has 0 saturated carbocycles. The van der Waals surface area contributed by atoms with Gasteiger partial charge < -0.3 is 10.6 Å². The quantitative estimate of drug-likeness (QED) is 0.860. The molecule has 1 aliphatic heterocycles. The van der Waals surface area contributed by atoms with E-state index in [1.54, 1.807) is 0 Å². The topological polar surface area (TPSA) is 55.0 Å². The second kappa shape index (κ2) is 5.96. The Hall–Kier alpha value is -1.16. The molecule has 4 nitrogen and oxygen atoms in total. The number of nitrogens with zero attached hydrogens (tertiary/aromatic N) is 3. The van der Waals surface area contributed by atoms with E-state index in [0.29, 0.717) is 5.92 Å². The first-order valence-electron chi connectivity index (χ1n) is 6.61. The van der Waals surface area contributed by atoms with Crippen LogP contribution in [0.15, 0.2) is 12.1 Å². The molecule has 2 N–H and O–H groups in total. The fourth-order valence-electron chi connectivity index (χ4n) is 2.31. The smallest absolute Gasteiger partial charge is 0.151 e. The summed E-state index contributed by atoms with van der Waals surface area (Å²) in [5, 5.41) is 8.58. The molecule has 0 aliphatic carbocycles. The van der Waals surface area contributed by atoms with Gasteiger partial charge in [-0.25, -0.2) is 0 Å². The Bertz CT molecular complexity index is 328. The SMILES string of the molecule is CCCc1ccc(N2CCC(CN)CC2)nn1. The molecule has 94 valence electrons. The highest BCUT2D eigenvalue weighted by atomic mass is 15.3. The summed E-state index contributed by atoms with van der Waals surface area (Å²) in [6.07, 6.45) is 4.49. The third kappa shape index (κ3) is 3.16. The van der Waals surface area contributed by atoms with Gasteiger partial charge in [0.25, 0.3) is 0 Å². The fourth-order valence-corrected chi connectivity index (χ4v) is 2.31. The Labute approximate surface area is 103 Å². The molecule has 0 amide bonds. The van der Waals surface area contributed by atoms with Crippen LogP contribution in [0.1, 0.15) is 31.9 Å². The minimum absolute atomic E-state index is 0.693. The zero-order chi connectivity index (χ0) is 12.1. The molecular weight excluding hydrogens is 212 g/mol. The number of nitrogens with two attached hydrogens (primary N) is 1. The Morgan fingerprint density at radius 3 is 2.59 bits per heavy atom. The predicted octanol–water partition coefficient (Wildman–Crippen LogP) is 1.60. The lowest BCUT2D eigenvalue weighted by molar-refractivity contribution is 0.412. The summed E-state index contributed by atoms with van der Waals surface area (Å²) in [6.45, 7) is 5.09.